The zero-order valence-corrected chi connectivity index (χ0v) is 18.8. The third-order valence-corrected chi connectivity index (χ3v) is 4.71. The molecule has 10 nitrogen and oxygen atoms in total. The Balaban J connectivity index is 4.69. The predicted octanol–water partition coefficient (Wildman–Crippen LogP) is -0.768. The third kappa shape index (κ3) is 9.88. The zero-order chi connectivity index (χ0) is 23.5. The van der Waals surface area contributed by atoms with E-state index in [1.54, 1.807) is 21.0 Å². The van der Waals surface area contributed by atoms with Gasteiger partial charge in [0, 0.05) is 20.8 Å². The quantitative estimate of drug-likeness (QED) is 0.168. The molecule has 178 valence electrons. The third-order valence-electron chi connectivity index (χ3n) is 4.71. The van der Waals surface area contributed by atoms with Crippen molar-refractivity contribution < 1.29 is 49.0 Å². The summed E-state index contributed by atoms with van der Waals surface area (Å²) < 4.78 is 20.5. The largest absolute Gasteiger partial charge is 0.388 e. The highest BCUT2D eigenvalue weighted by Crippen LogP contribution is 2.20. The minimum absolute atomic E-state index is 0.235. The van der Waals surface area contributed by atoms with E-state index in [2.05, 4.69) is 4.74 Å². The summed E-state index contributed by atoms with van der Waals surface area (Å²) in [7, 11) is 2.87. The number of hydrogen-bond donors (Lipinski definition) is 4. The van der Waals surface area contributed by atoms with Crippen LogP contribution in [0.25, 0.3) is 0 Å². The summed E-state index contributed by atoms with van der Waals surface area (Å²) in [6.45, 7) is 6.10. The van der Waals surface area contributed by atoms with Crippen LogP contribution in [-0.4, -0.2) is 108 Å². The van der Waals surface area contributed by atoms with Crippen LogP contribution in [0.2, 0.25) is 0 Å². The molecular weight excluding hydrogens is 400 g/mol. The van der Waals surface area contributed by atoms with Gasteiger partial charge in [-0.15, -0.1) is 0 Å². The van der Waals surface area contributed by atoms with E-state index < -0.39 is 60.2 Å². The van der Waals surface area contributed by atoms with Crippen molar-refractivity contribution in [2.45, 2.75) is 76.2 Å². The average molecular weight is 439 g/mol. The van der Waals surface area contributed by atoms with Gasteiger partial charge in [-0.25, -0.2) is 0 Å². The minimum atomic E-state index is -1.72. The highest BCUT2D eigenvalue weighted by atomic mass is 16.5. The van der Waals surface area contributed by atoms with Gasteiger partial charge in [-0.1, -0.05) is 0 Å². The molecule has 0 aliphatic rings. The summed E-state index contributed by atoms with van der Waals surface area (Å²) in [6, 6.07) is 0. The number of ketones is 2. The Hall–Kier alpha value is -0.980. The molecule has 0 rings (SSSR count). The van der Waals surface area contributed by atoms with Gasteiger partial charge in [0.15, 0.2) is 11.6 Å². The molecule has 0 radical (unpaired) electrons. The molecule has 4 N–H and O–H groups in total. The molecule has 0 aliphatic carbocycles. The van der Waals surface area contributed by atoms with Crippen molar-refractivity contribution in [3.8, 4) is 0 Å². The number of carbonyl (C=O) groups excluding carboxylic acids is 2. The van der Waals surface area contributed by atoms with E-state index in [4.69, 9.17) is 14.2 Å². The smallest absolute Gasteiger partial charge is 0.171 e. The molecule has 0 saturated carbocycles. The van der Waals surface area contributed by atoms with Gasteiger partial charge in [-0.3, -0.25) is 9.59 Å². The maximum Gasteiger partial charge on any atom is 0.171 e. The Morgan fingerprint density at radius 3 is 1.67 bits per heavy atom. The average Bonchev–Trinajstić information content (AvgIpc) is 2.68. The topological polar surface area (TPSA) is 152 Å². The Morgan fingerprint density at radius 2 is 1.20 bits per heavy atom. The first kappa shape index (κ1) is 29.0. The Kier molecular flexibility index (Phi) is 13.0. The number of methoxy groups -OCH3 is 2. The number of rotatable bonds is 17. The standard InChI is InChI=1S/C20H38O10/c1-19(2,29-9-7-8-27-5)15(23)10-16(24)20(3,4)30-12-14(22)18(26)17(25)13(21)11-28-6/h13-14,17-18,21-22,25-26H,7-12H2,1-6H3. The molecule has 0 heterocycles. The van der Waals surface area contributed by atoms with Crippen LogP contribution < -0.4 is 0 Å². The van der Waals surface area contributed by atoms with Crippen molar-refractivity contribution in [3.63, 3.8) is 0 Å². The molecule has 30 heavy (non-hydrogen) atoms. The van der Waals surface area contributed by atoms with Gasteiger partial charge < -0.3 is 39.4 Å². The fraction of sp³-hybridized carbons (Fsp3) is 0.900. The monoisotopic (exact) mass is 438 g/mol. The number of carbonyl (C=O) groups is 2. The summed E-state index contributed by atoms with van der Waals surface area (Å²) in [4.78, 5) is 25.0. The van der Waals surface area contributed by atoms with E-state index in [-0.39, 0.29) is 6.61 Å². The summed E-state index contributed by atoms with van der Waals surface area (Å²) in [5, 5.41) is 39.4. The molecular formula is C20H38O10. The maximum absolute atomic E-state index is 12.5. The van der Waals surface area contributed by atoms with Gasteiger partial charge >= 0.3 is 0 Å². The second kappa shape index (κ2) is 13.4. The molecule has 4 atom stereocenters. The summed E-state index contributed by atoms with van der Waals surface area (Å²) in [6.07, 6.45) is -6.19. The van der Waals surface area contributed by atoms with Crippen molar-refractivity contribution in [2.24, 2.45) is 0 Å². The Morgan fingerprint density at radius 1 is 0.733 bits per heavy atom. The van der Waals surface area contributed by atoms with Crippen LogP contribution in [0.4, 0.5) is 0 Å². The Bertz CT molecular complexity index is 520. The van der Waals surface area contributed by atoms with Gasteiger partial charge in [0.05, 0.1) is 26.2 Å². The van der Waals surface area contributed by atoms with E-state index >= 15 is 0 Å². The number of aliphatic hydroxyl groups is 4. The van der Waals surface area contributed by atoms with Gasteiger partial charge in [-0.05, 0) is 34.1 Å². The first-order valence-corrected chi connectivity index (χ1v) is 9.84. The summed E-state index contributed by atoms with van der Waals surface area (Å²) >= 11 is 0. The molecule has 0 bridgehead atoms. The fourth-order valence-electron chi connectivity index (χ4n) is 2.38. The van der Waals surface area contributed by atoms with Crippen LogP contribution in [0.3, 0.4) is 0 Å². The van der Waals surface area contributed by atoms with Gasteiger partial charge in [-0.2, -0.15) is 0 Å². The van der Waals surface area contributed by atoms with E-state index in [1.165, 1.54) is 21.0 Å². The van der Waals surface area contributed by atoms with Crippen LogP contribution in [0.15, 0.2) is 0 Å². The summed E-state index contributed by atoms with van der Waals surface area (Å²) in [5.41, 5.74) is -2.59. The van der Waals surface area contributed by atoms with Gasteiger partial charge in [0.25, 0.3) is 0 Å². The lowest BCUT2D eigenvalue weighted by molar-refractivity contribution is -0.161. The van der Waals surface area contributed by atoms with Crippen molar-refractivity contribution >= 4 is 11.6 Å². The fourth-order valence-corrected chi connectivity index (χ4v) is 2.38. The van der Waals surface area contributed by atoms with Crippen molar-refractivity contribution in [3.05, 3.63) is 0 Å². The van der Waals surface area contributed by atoms with Gasteiger partial charge in [0.1, 0.15) is 35.6 Å². The van der Waals surface area contributed by atoms with E-state index in [9.17, 15) is 30.0 Å². The first-order valence-electron chi connectivity index (χ1n) is 9.84. The molecule has 0 fully saturated rings. The number of Topliss-reactive ketones (excluding diaryl/α,β-unsaturated/α-hetero) is 2. The van der Waals surface area contributed by atoms with Crippen LogP contribution in [-0.2, 0) is 28.5 Å². The predicted molar refractivity (Wildman–Crippen MR) is 107 cm³/mol. The van der Waals surface area contributed by atoms with E-state index in [1.807, 2.05) is 0 Å². The lowest BCUT2D eigenvalue weighted by atomic mass is 9.92. The van der Waals surface area contributed by atoms with Gasteiger partial charge in [0.2, 0.25) is 0 Å². The van der Waals surface area contributed by atoms with Crippen molar-refractivity contribution in [1.82, 2.24) is 0 Å². The molecule has 0 amide bonds. The molecule has 0 aromatic carbocycles. The van der Waals surface area contributed by atoms with E-state index in [0.29, 0.717) is 19.6 Å². The van der Waals surface area contributed by atoms with Crippen molar-refractivity contribution in [2.75, 3.05) is 40.6 Å². The lowest BCUT2D eigenvalue weighted by Gasteiger charge is -2.30. The molecule has 10 heteroatoms. The second-order valence-electron chi connectivity index (χ2n) is 8.12. The molecule has 0 aliphatic heterocycles. The Labute approximate surface area is 178 Å². The van der Waals surface area contributed by atoms with E-state index in [0.717, 1.165) is 0 Å². The molecule has 0 aromatic heterocycles. The number of aliphatic hydroxyl groups excluding tert-OH is 4. The summed E-state index contributed by atoms with van der Waals surface area (Å²) in [5.74, 6) is -0.942. The van der Waals surface area contributed by atoms with Crippen molar-refractivity contribution in [1.29, 1.82) is 0 Å². The lowest BCUT2D eigenvalue weighted by Crippen LogP contribution is -2.49. The first-order chi connectivity index (χ1) is 13.8. The van der Waals surface area contributed by atoms with Crippen LogP contribution >= 0.6 is 0 Å². The second-order valence-corrected chi connectivity index (χ2v) is 8.12. The SMILES string of the molecule is COCCCOC(C)(C)C(=O)CC(=O)C(C)(C)OCC(O)C(O)C(O)C(O)COC. The zero-order valence-electron chi connectivity index (χ0n) is 18.8. The molecule has 0 saturated heterocycles. The normalized spacial score (nSPS) is 16.7. The highest BCUT2D eigenvalue weighted by molar-refractivity contribution is 6.05. The molecule has 0 aromatic rings. The highest BCUT2D eigenvalue weighted by Gasteiger charge is 2.37. The maximum atomic E-state index is 12.5. The van der Waals surface area contributed by atoms with Crippen LogP contribution in [0.5, 0.6) is 0 Å². The number of hydrogen-bond acceptors (Lipinski definition) is 10. The van der Waals surface area contributed by atoms with Crippen LogP contribution in [0, 0.1) is 0 Å². The minimum Gasteiger partial charge on any atom is -0.388 e. The van der Waals surface area contributed by atoms with Crippen LogP contribution in [0.1, 0.15) is 40.5 Å². The number of ether oxygens (including phenoxy) is 4. The molecule has 0 spiro atoms. The molecule has 4 unspecified atom stereocenters.